The van der Waals surface area contributed by atoms with Crippen LogP contribution in [0.5, 0.6) is 5.75 Å². The number of rotatable bonds is 7. The van der Waals surface area contributed by atoms with Crippen LogP contribution in [0.4, 0.5) is 0 Å². The van der Waals surface area contributed by atoms with Crippen LogP contribution in [0, 0.1) is 0 Å². The molecule has 1 aromatic heterocycles. The first-order chi connectivity index (χ1) is 8.15. The van der Waals surface area contributed by atoms with Crippen molar-refractivity contribution in [2.45, 2.75) is 45.7 Å². The lowest BCUT2D eigenvalue weighted by Gasteiger charge is -2.12. The molecule has 2 N–H and O–H groups in total. The molecule has 0 fully saturated rings. The van der Waals surface area contributed by atoms with Gasteiger partial charge in [0, 0.05) is 6.54 Å². The Hall–Kier alpha value is -1.36. The third-order valence-electron chi connectivity index (χ3n) is 2.63. The molecule has 0 aliphatic rings. The van der Waals surface area contributed by atoms with E-state index < -0.39 is 6.04 Å². The molecule has 5 heteroatoms. The summed E-state index contributed by atoms with van der Waals surface area (Å²) in [6, 6.07) is -0.471. The second-order valence-electron chi connectivity index (χ2n) is 4.04. The standard InChI is InChI=1S/C12H21N3O2/c1-4-6-9(13)12(16)11-10(17-3)8-14-15(11)7-5-2/h8-9H,4-7,13H2,1-3H3. The minimum atomic E-state index is -0.471. The van der Waals surface area contributed by atoms with E-state index in [-0.39, 0.29) is 5.78 Å². The number of carbonyl (C=O) groups is 1. The normalized spacial score (nSPS) is 12.5. The lowest BCUT2D eigenvalue weighted by molar-refractivity contribution is 0.0942. The number of aromatic nitrogens is 2. The maximum Gasteiger partial charge on any atom is 0.201 e. The van der Waals surface area contributed by atoms with Crippen LogP contribution in [-0.4, -0.2) is 28.7 Å². The van der Waals surface area contributed by atoms with Gasteiger partial charge in [-0.25, -0.2) is 0 Å². The maximum absolute atomic E-state index is 12.2. The fourth-order valence-corrected chi connectivity index (χ4v) is 1.77. The predicted octanol–water partition coefficient (Wildman–Crippen LogP) is 1.61. The molecular weight excluding hydrogens is 218 g/mol. The topological polar surface area (TPSA) is 70.1 Å². The highest BCUT2D eigenvalue weighted by Crippen LogP contribution is 2.20. The zero-order valence-corrected chi connectivity index (χ0v) is 10.8. The fraction of sp³-hybridized carbons (Fsp3) is 0.667. The van der Waals surface area contributed by atoms with E-state index in [0.29, 0.717) is 24.4 Å². The number of methoxy groups -OCH3 is 1. The molecular formula is C12H21N3O2. The van der Waals surface area contributed by atoms with Gasteiger partial charge < -0.3 is 10.5 Å². The molecule has 0 spiro atoms. The fourth-order valence-electron chi connectivity index (χ4n) is 1.77. The predicted molar refractivity (Wildman–Crippen MR) is 66.3 cm³/mol. The highest BCUT2D eigenvalue weighted by Gasteiger charge is 2.23. The van der Waals surface area contributed by atoms with Crippen molar-refractivity contribution in [2.75, 3.05) is 7.11 Å². The summed E-state index contributed by atoms with van der Waals surface area (Å²) in [5.41, 5.74) is 6.36. The van der Waals surface area contributed by atoms with Gasteiger partial charge in [-0.2, -0.15) is 5.10 Å². The Morgan fingerprint density at radius 1 is 1.53 bits per heavy atom. The van der Waals surface area contributed by atoms with Crippen molar-refractivity contribution in [1.82, 2.24) is 9.78 Å². The monoisotopic (exact) mass is 239 g/mol. The van der Waals surface area contributed by atoms with Crippen LogP contribution >= 0.6 is 0 Å². The molecule has 1 atom stereocenters. The maximum atomic E-state index is 12.2. The number of aryl methyl sites for hydroxylation is 1. The Labute approximate surface area is 102 Å². The minimum Gasteiger partial charge on any atom is -0.493 e. The zero-order valence-electron chi connectivity index (χ0n) is 10.8. The minimum absolute atomic E-state index is 0.0883. The average molecular weight is 239 g/mol. The smallest absolute Gasteiger partial charge is 0.201 e. The molecule has 0 amide bonds. The first kappa shape index (κ1) is 13.7. The second kappa shape index (κ2) is 6.39. The third-order valence-corrected chi connectivity index (χ3v) is 2.63. The van der Waals surface area contributed by atoms with E-state index in [1.807, 2.05) is 13.8 Å². The van der Waals surface area contributed by atoms with Crippen molar-refractivity contribution in [3.63, 3.8) is 0 Å². The summed E-state index contributed by atoms with van der Waals surface area (Å²) in [7, 11) is 1.54. The van der Waals surface area contributed by atoms with Gasteiger partial charge in [0.2, 0.25) is 5.78 Å². The Balaban J connectivity index is 3.00. The molecule has 5 nitrogen and oxygen atoms in total. The van der Waals surface area contributed by atoms with Crippen molar-refractivity contribution in [2.24, 2.45) is 5.73 Å². The van der Waals surface area contributed by atoms with Gasteiger partial charge in [-0.15, -0.1) is 0 Å². The Morgan fingerprint density at radius 3 is 2.76 bits per heavy atom. The number of hydrogen-bond donors (Lipinski definition) is 1. The summed E-state index contributed by atoms with van der Waals surface area (Å²) in [6.07, 6.45) is 4.05. The first-order valence-electron chi connectivity index (χ1n) is 6.05. The van der Waals surface area contributed by atoms with Gasteiger partial charge in [-0.05, 0) is 12.8 Å². The van der Waals surface area contributed by atoms with Gasteiger partial charge in [0.25, 0.3) is 0 Å². The molecule has 17 heavy (non-hydrogen) atoms. The summed E-state index contributed by atoms with van der Waals surface area (Å²) in [4.78, 5) is 12.2. The van der Waals surface area contributed by atoms with Crippen molar-refractivity contribution >= 4 is 5.78 Å². The van der Waals surface area contributed by atoms with E-state index in [4.69, 9.17) is 10.5 Å². The Morgan fingerprint density at radius 2 is 2.24 bits per heavy atom. The van der Waals surface area contributed by atoms with Crippen LogP contribution in [0.3, 0.4) is 0 Å². The quantitative estimate of drug-likeness (QED) is 0.734. The van der Waals surface area contributed by atoms with E-state index in [0.717, 1.165) is 12.8 Å². The van der Waals surface area contributed by atoms with Crippen LogP contribution in [0.2, 0.25) is 0 Å². The second-order valence-corrected chi connectivity index (χ2v) is 4.04. The van der Waals surface area contributed by atoms with Crippen molar-refractivity contribution in [3.8, 4) is 5.75 Å². The summed E-state index contributed by atoms with van der Waals surface area (Å²) in [6.45, 7) is 4.74. The lowest BCUT2D eigenvalue weighted by atomic mass is 10.1. The van der Waals surface area contributed by atoms with Crippen LogP contribution in [0.15, 0.2) is 6.20 Å². The van der Waals surface area contributed by atoms with E-state index in [2.05, 4.69) is 5.10 Å². The molecule has 1 aromatic rings. The zero-order chi connectivity index (χ0) is 12.8. The lowest BCUT2D eigenvalue weighted by Crippen LogP contribution is -2.32. The molecule has 0 aliphatic carbocycles. The number of nitrogens with zero attached hydrogens (tertiary/aromatic N) is 2. The molecule has 96 valence electrons. The molecule has 1 rings (SSSR count). The van der Waals surface area contributed by atoms with Crippen molar-refractivity contribution in [1.29, 1.82) is 0 Å². The van der Waals surface area contributed by atoms with Crippen molar-refractivity contribution < 1.29 is 9.53 Å². The van der Waals surface area contributed by atoms with Gasteiger partial charge in [0.05, 0.1) is 19.3 Å². The largest absolute Gasteiger partial charge is 0.493 e. The van der Waals surface area contributed by atoms with E-state index >= 15 is 0 Å². The molecule has 0 saturated carbocycles. The molecule has 1 unspecified atom stereocenters. The molecule has 0 aromatic carbocycles. The molecule has 0 saturated heterocycles. The van der Waals surface area contributed by atoms with E-state index in [1.54, 1.807) is 10.9 Å². The molecule has 1 heterocycles. The Bertz CT molecular complexity index is 374. The van der Waals surface area contributed by atoms with Gasteiger partial charge in [-0.3, -0.25) is 9.48 Å². The van der Waals surface area contributed by atoms with Gasteiger partial charge >= 0.3 is 0 Å². The van der Waals surface area contributed by atoms with Crippen LogP contribution in [0.1, 0.15) is 43.6 Å². The number of ketones is 1. The highest BCUT2D eigenvalue weighted by molar-refractivity contribution is 6.00. The number of nitrogens with two attached hydrogens (primary N) is 1. The number of hydrogen-bond acceptors (Lipinski definition) is 4. The summed E-state index contributed by atoms with van der Waals surface area (Å²) in [5, 5.41) is 4.16. The Kier molecular flexibility index (Phi) is 5.15. The number of ether oxygens (including phenoxy) is 1. The molecule has 0 radical (unpaired) electrons. The van der Waals surface area contributed by atoms with E-state index in [9.17, 15) is 4.79 Å². The van der Waals surface area contributed by atoms with E-state index in [1.165, 1.54) is 7.11 Å². The summed E-state index contributed by atoms with van der Waals surface area (Å²) in [5.74, 6) is 0.421. The number of Topliss-reactive ketones (excluding diaryl/α,β-unsaturated/α-hetero) is 1. The van der Waals surface area contributed by atoms with Gasteiger partial charge in [0.15, 0.2) is 5.75 Å². The van der Waals surface area contributed by atoms with Gasteiger partial charge in [-0.1, -0.05) is 20.3 Å². The van der Waals surface area contributed by atoms with Crippen LogP contribution < -0.4 is 10.5 Å². The molecule has 0 bridgehead atoms. The summed E-state index contributed by atoms with van der Waals surface area (Å²) < 4.78 is 6.84. The average Bonchev–Trinajstić information content (AvgIpc) is 2.72. The first-order valence-corrected chi connectivity index (χ1v) is 6.05. The van der Waals surface area contributed by atoms with Crippen LogP contribution in [0.25, 0.3) is 0 Å². The highest BCUT2D eigenvalue weighted by atomic mass is 16.5. The number of carbonyl (C=O) groups excluding carboxylic acids is 1. The SMILES string of the molecule is CCCC(N)C(=O)c1c(OC)cnn1CCC. The van der Waals surface area contributed by atoms with Crippen molar-refractivity contribution in [3.05, 3.63) is 11.9 Å². The molecule has 0 aliphatic heterocycles. The van der Waals surface area contributed by atoms with Gasteiger partial charge in [0.1, 0.15) is 5.69 Å². The van der Waals surface area contributed by atoms with Crippen LogP contribution in [-0.2, 0) is 6.54 Å². The third kappa shape index (κ3) is 3.06. The summed E-state index contributed by atoms with van der Waals surface area (Å²) >= 11 is 0.